The van der Waals surface area contributed by atoms with E-state index in [4.69, 9.17) is 0 Å². The van der Waals surface area contributed by atoms with Gasteiger partial charge >= 0.3 is 5.97 Å². The normalized spacial score (nSPS) is 25.7. The molecule has 1 N–H and O–H groups in total. The van der Waals surface area contributed by atoms with E-state index in [2.05, 4.69) is 25.7 Å². The second kappa shape index (κ2) is 5.71. The molecule has 0 aliphatic carbocycles. The van der Waals surface area contributed by atoms with Gasteiger partial charge in [0.1, 0.15) is 0 Å². The van der Waals surface area contributed by atoms with E-state index in [9.17, 15) is 20.0 Å². The summed E-state index contributed by atoms with van der Waals surface area (Å²) in [5.41, 5.74) is 0.373. The van der Waals surface area contributed by atoms with E-state index in [0.29, 0.717) is 17.5 Å². The molecule has 21 heavy (non-hydrogen) atoms. The first-order valence-electron chi connectivity index (χ1n) is 7.09. The molecule has 0 saturated carbocycles. The zero-order valence-corrected chi connectivity index (χ0v) is 12.4. The highest BCUT2D eigenvalue weighted by molar-refractivity contribution is 5.95. The van der Waals surface area contributed by atoms with Gasteiger partial charge < -0.3 is 10.0 Å². The van der Waals surface area contributed by atoms with Crippen molar-refractivity contribution >= 4 is 17.3 Å². The number of hydrogen-bond donors (Lipinski definition) is 1. The Bertz CT molecular complexity index is 573. The smallest absolute Gasteiger partial charge is 0.338 e. The van der Waals surface area contributed by atoms with Gasteiger partial charge in [0.15, 0.2) is 0 Å². The molecular formula is C15H20N2O4. The molecule has 0 radical (unpaired) electrons. The number of carboxylic acid groups (broad SMARTS) is 1. The number of nitro benzene ring substituents is 1. The van der Waals surface area contributed by atoms with E-state index in [0.717, 1.165) is 19.0 Å². The van der Waals surface area contributed by atoms with E-state index in [1.807, 2.05) is 0 Å². The summed E-state index contributed by atoms with van der Waals surface area (Å²) in [6.45, 7) is 7.13. The molecule has 3 atom stereocenters. The quantitative estimate of drug-likeness (QED) is 0.683. The van der Waals surface area contributed by atoms with Gasteiger partial charge in [0.25, 0.3) is 5.69 Å². The van der Waals surface area contributed by atoms with Crippen LogP contribution in [-0.4, -0.2) is 28.6 Å². The number of piperidine rings is 1. The Morgan fingerprint density at radius 3 is 2.62 bits per heavy atom. The van der Waals surface area contributed by atoms with Crippen LogP contribution in [0.4, 0.5) is 11.4 Å². The first kappa shape index (κ1) is 15.3. The fourth-order valence-corrected chi connectivity index (χ4v) is 3.09. The van der Waals surface area contributed by atoms with E-state index < -0.39 is 10.9 Å². The fraction of sp³-hybridized carbons (Fsp3) is 0.533. The van der Waals surface area contributed by atoms with E-state index in [1.54, 1.807) is 6.07 Å². The van der Waals surface area contributed by atoms with Gasteiger partial charge in [-0.3, -0.25) is 10.1 Å². The summed E-state index contributed by atoms with van der Waals surface area (Å²) in [5, 5.41) is 20.2. The van der Waals surface area contributed by atoms with Gasteiger partial charge in [-0.1, -0.05) is 13.8 Å². The highest BCUT2D eigenvalue weighted by atomic mass is 16.6. The average molecular weight is 292 g/mol. The average Bonchev–Trinajstić information content (AvgIpc) is 2.42. The summed E-state index contributed by atoms with van der Waals surface area (Å²) in [5.74, 6) is -0.217. The van der Waals surface area contributed by atoms with E-state index in [1.165, 1.54) is 6.07 Å². The van der Waals surface area contributed by atoms with Gasteiger partial charge in [-0.15, -0.1) is 0 Å². The molecule has 1 saturated heterocycles. The van der Waals surface area contributed by atoms with Gasteiger partial charge in [0, 0.05) is 24.7 Å². The van der Waals surface area contributed by atoms with Gasteiger partial charge in [-0.25, -0.2) is 4.79 Å². The monoisotopic (exact) mass is 292 g/mol. The minimum absolute atomic E-state index is 0.00245. The summed E-state index contributed by atoms with van der Waals surface area (Å²) in [6.07, 6.45) is 1.10. The predicted molar refractivity (Wildman–Crippen MR) is 79.8 cm³/mol. The van der Waals surface area contributed by atoms with Gasteiger partial charge in [-0.05, 0) is 31.2 Å². The van der Waals surface area contributed by atoms with Gasteiger partial charge in [0.2, 0.25) is 0 Å². The summed E-state index contributed by atoms with van der Waals surface area (Å²) in [6, 6.07) is 4.29. The summed E-state index contributed by atoms with van der Waals surface area (Å²) < 4.78 is 0. The van der Waals surface area contributed by atoms with Crippen LogP contribution in [0.15, 0.2) is 18.2 Å². The number of nitrogens with zero attached hydrogens (tertiary/aromatic N) is 2. The third-order valence-corrected chi connectivity index (χ3v) is 4.33. The third-order valence-electron chi connectivity index (χ3n) is 4.33. The van der Waals surface area contributed by atoms with Crippen LogP contribution in [0.3, 0.4) is 0 Å². The van der Waals surface area contributed by atoms with Crippen LogP contribution in [0.5, 0.6) is 0 Å². The van der Waals surface area contributed by atoms with Crippen LogP contribution in [0, 0.1) is 22.0 Å². The first-order chi connectivity index (χ1) is 9.81. The van der Waals surface area contributed by atoms with Gasteiger partial charge in [-0.2, -0.15) is 0 Å². The molecular weight excluding hydrogens is 272 g/mol. The van der Waals surface area contributed by atoms with Crippen LogP contribution in [-0.2, 0) is 0 Å². The number of non-ortho nitro benzene ring substituents is 1. The standard InChI is InChI=1S/C15H20N2O4/c1-9-6-10(2)11(3)16(8-9)14-5-4-12(17(20)21)7-13(14)15(18)19/h4-5,7,9-11H,6,8H2,1-3H3,(H,18,19). The van der Waals surface area contributed by atoms with Crippen molar-refractivity contribution in [2.75, 3.05) is 11.4 Å². The van der Waals surface area contributed by atoms with Crippen LogP contribution in [0.25, 0.3) is 0 Å². The Balaban J connectivity index is 2.47. The van der Waals surface area contributed by atoms with Crippen molar-refractivity contribution in [3.05, 3.63) is 33.9 Å². The van der Waals surface area contributed by atoms with Crippen molar-refractivity contribution in [2.24, 2.45) is 11.8 Å². The summed E-state index contributed by atoms with van der Waals surface area (Å²) in [4.78, 5) is 23.8. The molecule has 1 aromatic rings. The maximum Gasteiger partial charge on any atom is 0.338 e. The Labute approximate surface area is 123 Å². The third kappa shape index (κ3) is 2.99. The van der Waals surface area contributed by atoms with Crippen LogP contribution < -0.4 is 4.90 Å². The zero-order valence-electron chi connectivity index (χ0n) is 12.4. The molecule has 1 fully saturated rings. The molecule has 2 rings (SSSR count). The van der Waals surface area contributed by atoms with Crippen molar-refractivity contribution in [1.29, 1.82) is 0 Å². The zero-order chi connectivity index (χ0) is 15.7. The van der Waals surface area contributed by atoms with Crippen molar-refractivity contribution in [2.45, 2.75) is 33.2 Å². The number of rotatable bonds is 3. The Hall–Kier alpha value is -2.11. The van der Waals surface area contributed by atoms with Crippen molar-refractivity contribution < 1.29 is 14.8 Å². The second-order valence-electron chi connectivity index (χ2n) is 5.97. The number of aromatic carboxylic acids is 1. The second-order valence-corrected chi connectivity index (χ2v) is 5.97. The van der Waals surface area contributed by atoms with Crippen LogP contribution >= 0.6 is 0 Å². The van der Waals surface area contributed by atoms with E-state index in [-0.39, 0.29) is 17.3 Å². The highest BCUT2D eigenvalue weighted by Gasteiger charge is 2.31. The van der Waals surface area contributed by atoms with Gasteiger partial charge in [0.05, 0.1) is 16.2 Å². The molecule has 1 heterocycles. The Morgan fingerprint density at radius 1 is 1.38 bits per heavy atom. The molecule has 0 aromatic heterocycles. The predicted octanol–water partition coefficient (Wildman–Crippen LogP) is 3.16. The number of hydrogen-bond acceptors (Lipinski definition) is 4. The first-order valence-corrected chi connectivity index (χ1v) is 7.09. The fourth-order valence-electron chi connectivity index (χ4n) is 3.09. The largest absolute Gasteiger partial charge is 0.478 e. The maximum absolute atomic E-state index is 11.5. The SMILES string of the molecule is CC1CC(C)C(C)N(c2ccc([N+](=O)[O-])cc2C(=O)O)C1. The summed E-state index contributed by atoms with van der Waals surface area (Å²) >= 11 is 0. The summed E-state index contributed by atoms with van der Waals surface area (Å²) in [7, 11) is 0. The molecule has 1 aromatic carbocycles. The minimum Gasteiger partial charge on any atom is -0.478 e. The molecule has 114 valence electrons. The Kier molecular flexibility index (Phi) is 4.16. The lowest BCUT2D eigenvalue weighted by molar-refractivity contribution is -0.384. The van der Waals surface area contributed by atoms with Crippen LogP contribution in [0.1, 0.15) is 37.6 Å². The number of anilines is 1. The molecule has 0 bridgehead atoms. The molecule has 1 aliphatic heterocycles. The molecule has 0 spiro atoms. The topological polar surface area (TPSA) is 83.7 Å². The Morgan fingerprint density at radius 2 is 2.05 bits per heavy atom. The number of benzene rings is 1. The van der Waals surface area contributed by atoms with Crippen LogP contribution in [0.2, 0.25) is 0 Å². The number of carboxylic acids is 1. The lowest BCUT2D eigenvalue weighted by atomic mass is 9.85. The number of carbonyl (C=O) groups is 1. The molecule has 0 amide bonds. The van der Waals surface area contributed by atoms with E-state index >= 15 is 0 Å². The molecule has 6 nitrogen and oxygen atoms in total. The molecule has 3 unspecified atom stereocenters. The number of nitro groups is 1. The lowest BCUT2D eigenvalue weighted by Crippen LogP contribution is -2.46. The minimum atomic E-state index is -1.13. The lowest BCUT2D eigenvalue weighted by Gasteiger charge is -2.43. The van der Waals surface area contributed by atoms with Crippen molar-refractivity contribution in [1.82, 2.24) is 0 Å². The molecule has 6 heteroatoms. The maximum atomic E-state index is 11.5. The van der Waals surface area contributed by atoms with Crippen molar-refractivity contribution in [3.63, 3.8) is 0 Å². The highest BCUT2D eigenvalue weighted by Crippen LogP contribution is 2.34. The van der Waals surface area contributed by atoms with Crippen molar-refractivity contribution in [3.8, 4) is 0 Å². The molecule has 1 aliphatic rings.